The summed E-state index contributed by atoms with van der Waals surface area (Å²) in [6, 6.07) is 5.79. The minimum absolute atomic E-state index is 0.0494. The van der Waals surface area contributed by atoms with Crippen molar-refractivity contribution in [3.8, 4) is 0 Å². The number of carbonyl (C=O) groups excluding carboxylic acids is 1. The van der Waals surface area contributed by atoms with E-state index in [4.69, 9.17) is 4.74 Å². The molecule has 0 heterocycles. The Morgan fingerprint density at radius 2 is 2.05 bits per heavy atom. The first-order valence-corrected chi connectivity index (χ1v) is 7.56. The van der Waals surface area contributed by atoms with E-state index in [0.717, 1.165) is 6.42 Å². The SMILES string of the molecule is CNS(=O)(=O)c1cccc(C(=O)OCCC(C)C)c1. The van der Waals surface area contributed by atoms with Gasteiger partial charge in [0.05, 0.1) is 17.1 Å². The summed E-state index contributed by atoms with van der Waals surface area (Å²) >= 11 is 0. The first-order chi connectivity index (χ1) is 8.86. The Morgan fingerprint density at radius 1 is 1.37 bits per heavy atom. The van der Waals surface area contributed by atoms with E-state index in [1.165, 1.54) is 31.3 Å². The summed E-state index contributed by atoms with van der Waals surface area (Å²) in [6.07, 6.45) is 0.778. The summed E-state index contributed by atoms with van der Waals surface area (Å²) in [6.45, 7) is 4.40. The molecule has 0 saturated heterocycles. The van der Waals surface area contributed by atoms with E-state index in [-0.39, 0.29) is 10.5 Å². The van der Waals surface area contributed by atoms with Crippen LogP contribution in [0.3, 0.4) is 0 Å². The van der Waals surface area contributed by atoms with Crippen LogP contribution in [-0.4, -0.2) is 28.0 Å². The average molecular weight is 285 g/mol. The van der Waals surface area contributed by atoms with Crippen molar-refractivity contribution in [3.63, 3.8) is 0 Å². The molecule has 0 aromatic heterocycles. The molecule has 1 aromatic rings. The quantitative estimate of drug-likeness (QED) is 0.809. The van der Waals surface area contributed by atoms with Crippen LogP contribution in [0.25, 0.3) is 0 Å². The van der Waals surface area contributed by atoms with Gasteiger partial charge in [-0.05, 0) is 37.6 Å². The third-order valence-corrected chi connectivity index (χ3v) is 3.99. The number of hydrogen-bond donors (Lipinski definition) is 1. The van der Waals surface area contributed by atoms with Crippen molar-refractivity contribution in [2.75, 3.05) is 13.7 Å². The Morgan fingerprint density at radius 3 is 2.63 bits per heavy atom. The van der Waals surface area contributed by atoms with Gasteiger partial charge in [0.1, 0.15) is 0 Å². The normalized spacial score (nSPS) is 11.6. The molecule has 0 fully saturated rings. The second kappa shape index (κ2) is 6.68. The number of carbonyl (C=O) groups is 1. The molecule has 0 unspecified atom stereocenters. The summed E-state index contributed by atoms with van der Waals surface area (Å²) in [5.74, 6) is -0.0578. The van der Waals surface area contributed by atoms with Crippen molar-refractivity contribution in [1.29, 1.82) is 0 Å². The lowest BCUT2D eigenvalue weighted by molar-refractivity contribution is 0.0488. The van der Waals surface area contributed by atoms with Gasteiger partial charge in [-0.25, -0.2) is 17.9 Å². The first kappa shape index (κ1) is 15.7. The molecule has 0 aliphatic carbocycles. The zero-order valence-electron chi connectivity index (χ0n) is 11.3. The lowest BCUT2D eigenvalue weighted by Gasteiger charge is -2.08. The molecule has 1 aromatic carbocycles. The van der Waals surface area contributed by atoms with Crippen molar-refractivity contribution in [1.82, 2.24) is 4.72 Å². The van der Waals surface area contributed by atoms with Crippen LogP contribution in [0.5, 0.6) is 0 Å². The van der Waals surface area contributed by atoms with Crippen LogP contribution < -0.4 is 4.72 Å². The van der Waals surface area contributed by atoms with Crippen LogP contribution >= 0.6 is 0 Å². The van der Waals surface area contributed by atoms with Gasteiger partial charge in [0.2, 0.25) is 10.0 Å². The molecule has 0 radical (unpaired) electrons. The average Bonchev–Trinajstić information content (AvgIpc) is 2.38. The molecule has 0 saturated carbocycles. The number of esters is 1. The second-order valence-electron chi connectivity index (χ2n) is 4.55. The monoisotopic (exact) mass is 285 g/mol. The minimum atomic E-state index is -3.55. The summed E-state index contributed by atoms with van der Waals surface area (Å²) in [7, 11) is -2.22. The zero-order valence-corrected chi connectivity index (χ0v) is 12.2. The number of sulfonamides is 1. The molecular weight excluding hydrogens is 266 g/mol. The van der Waals surface area contributed by atoms with E-state index in [1.807, 2.05) is 13.8 Å². The van der Waals surface area contributed by atoms with E-state index in [1.54, 1.807) is 0 Å². The molecular formula is C13H19NO4S. The van der Waals surface area contributed by atoms with Gasteiger partial charge in [0.25, 0.3) is 0 Å². The van der Waals surface area contributed by atoms with Crippen molar-refractivity contribution in [2.24, 2.45) is 5.92 Å². The Labute approximate surface area is 114 Å². The van der Waals surface area contributed by atoms with E-state index in [9.17, 15) is 13.2 Å². The largest absolute Gasteiger partial charge is 0.462 e. The van der Waals surface area contributed by atoms with Gasteiger partial charge >= 0.3 is 5.97 Å². The molecule has 19 heavy (non-hydrogen) atoms. The Hall–Kier alpha value is -1.40. The fourth-order valence-electron chi connectivity index (χ4n) is 1.38. The van der Waals surface area contributed by atoms with E-state index >= 15 is 0 Å². The van der Waals surface area contributed by atoms with E-state index < -0.39 is 16.0 Å². The maximum atomic E-state index is 11.8. The summed E-state index contributed by atoms with van der Waals surface area (Å²) in [5, 5.41) is 0. The lowest BCUT2D eigenvalue weighted by atomic mass is 10.1. The zero-order chi connectivity index (χ0) is 14.5. The predicted molar refractivity (Wildman–Crippen MR) is 72.4 cm³/mol. The van der Waals surface area contributed by atoms with E-state index in [2.05, 4.69) is 4.72 Å². The molecule has 106 valence electrons. The van der Waals surface area contributed by atoms with Crippen LogP contribution in [0.1, 0.15) is 30.6 Å². The fraction of sp³-hybridized carbons (Fsp3) is 0.462. The molecule has 0 spiro atoms. The number of hydrogen-bond acceptors (Lipinski definition) is 4. The minimum Gasteiger partial charge on any atom is -0.462 e. The van der Waals surface area contributed by atoms with Gasteiger partial charge in [0, 0.05) is 0 Å². The molecule has 0 amide bonds. The van der Waals surface area contributed by atoms with Gasteiger partial charge in [-0.2, -0.15) is 0 Å². The lowest BCUT2D eigenvalue weighted by Crippen LogP contribution is -2.19. The van der Waals surface area contributed by atoms with Crippen molar-refractivity contribution in [2.45, 2.75) is 25.2 Å². The molecule has 1 rings (SSSR count). The third-order valence-electron chi connectivity index (χ3n) is 2.58. The smallest absolute Gasteiger partial charge is 0.338 e. The van der Waals surface area contributed by atoms with Crippen LogP contribution in [0.15, 0.2) is 29.2 Å². The molecule has 0 aliphatic heterocycles. The van der Waals surface area contributed by atoms with Crippen molar-refractivity contribution in [3.05, 3.63) is 29.8 Å². The van der Waals surface area contributed by atoms with Gasteiger partial charge in [-0.15, -0.1) is 0 Å². The maximum absolute atomic E-state index is 11.8. The van der Waals surface area contributed by atoms with Crippen LogP contribution in [0, 0.1) is 5.92 Å². The highest BCUT2D eigenvalue weighted by molar-refractivity contribution is 7.89. The van der Waals surface area contributed by atoms with Gasteiger partial charge in [0.15, 0.2) is 0 Å². The Kier molecular flexibility index (Phi) is 5.50. The Bertz CT molecular complexity index is 537. The van der Waals surface area contributed by atoms with Crippen LogP contribution in [0.2, 0.25) is 0 Å². The highest BCUT2D eigenvalue weighted by atomic mass is 32.2. The maximum Gasteiger partial charge on any atom is 0.338 e. The summed E-state index contributed by atoms with van der Waals surface area (Å²) < 4.78 is 30.5. The third kappa shape index (κ3) is 4.65. The van der Waals surface area contributed by atoms with Crippen molar-refractivity contribution >= 4 is 16.0 Å². The van der Waals surface area contributed by atoms with Crippen molar-refractivity contribution < 1.29 is 17.9 Å². The number of ether oxygens (including phenoxy) is 1. The number of nitrogens with one attached hydrogen (secondary N) is 1. The second-order valence-corrected chi connectivity index (χ2v) is 6.44. The summed E-state index contributed by atoms with van der Waals surface area (Å²) in [4.78, 5) is 11.8. The molecule has 0 aliphatic rings. The van der Waals surface area contributed by atoms with Gasteiger partial charge in [-0.3, -0.25) is 0 Å². The predicted octanol–water partition coefficient (Wildman–Crippen LogP) is 1.80. The standard InChI is InChI=1S/C13H19NO4S/c1-10(2)7-8-18-13(15)11-5-4-6-12(9-11)19(16,17)14-3/h4-6,9-10,14H,7-8H2,1-3H3. The van der Waals surface area contributed by atoms with Crippen LogP contribution in [-0.2, 0) is 14.8 Å². The summed E-state index contributed by atoms with van der Waals surface area (Å²) in [5.41, 5.74) is 0.236. The van der Waals surface area contributed by atoms with Crippen LogP contribution in [0.4, 0.5) is 0 Å². The molecule has 5 nitrogen and oxygen atoms in total. The first-order valence-electron chi connectivity index (χ1n) is 6.07. The molecule has 1 N–H and O–H groups in total. The Balaban J connectivity index is 2.79. The highest BCUT2D eigenvalue weighted by Gasteiger charge is 2.14. The van der Waals surface area contributed by atoms with Gasteiger partial charge in [-0.1, -0.05) is 19.9 Å². The van der Waals surface area contributed by atoms with E-state index in [0.29, 0.717) is 12.5 Å². The molecule has 6 heteroatoms. The highest BCUT2D eigenvalue weighted by Crippen LogP contribution is 2.12. The molecule has 0 bridgehead atoms. The fourth-order valence-corrected chi connectivity index (χ4v) is 2.15. The number of benzene rings is 1. The van der Waals surface area contributed by atoms with Gasteiger partial charge < -0.3 is 4.74 Å². The number of rotatable bonds is 6. The topological polar surface area (TPSA) is 72.5 Å². The molecule has 0 atom stereocenters.